The lowest BCUT2D eigenvalue weighted by molar-refractivity contribution is 0.0829. The Morgan fingerprint density at radius 3 is 2.62 bits per heavy atom. The van der Waals surface area contributed by atoms with Crippen LogP contribution in [0.5, 0.6) is 0 Å². The van der Waals surface area contributed by atoms with E-state index in [9.17, 15) is 4.79 Å². The number of rotatable bonds is 3. The summed E-state index contributed by atoms with van der Waals surface area (Å²) in [5.74, 6) is 0. The lowest BCUT2D eigenvalue weighted by Crippen LogP contribution is -2.13. The van der Waals surface area contributed by atoms with Gasteiger partial charge in [-0.05, 0) is 5.56 Å². The summed E-state index contributed by atoms with van der Waals surface area (Å²) in [5.41, 5.74) is 0.406. The van der Waals surface area contributed by atoms with Crippen molar-refractivity contribution in [2.45, 2.75) is 11.9 Å². The Bertz CT molecular complexity index is 273. The van der Waals surface area contributed by atoms with Gasteiger partial charge in [0.15, 0.2) is 5.44 Å². The molecule has 1 unspecified atom stereocenters. The summed E-state index contributed by atoms with van der Waals surface area (Å²) in [6, 6.07) is 9.46. The van der Waals surface area contributed by atoms with Crippen LogP contribution in [0, 0.1) is 0 Å². The Kier molecular flexibility index (Phi) is 3.64. The van der Waals surface area contributed by atoms with Crippen LogP contribution in [0.3, 0.4) is 0 Å². The van der Waals surface area contributed by atoms with Crippen LogP contribution in [0.2, 0.25) is 0 Å². The standard InChI is InChI=1S/C9H10O3S/c10-9(11)12-8(13)6-7-4-2-1-3-5-7/h1-5,8,13H,6H2,(H,10,11). The summed E-state index contributed by atoms with van der Waals surface area (Å²) in [6.45, 7) is 0. The van der Waals surface area contributed by atoms with E-state index >= 15 is 0 Å². The van der Waals surface area contributed by atoms with Gasteiger partial charge in [-0.1, -0.05) is 30.3 Å². The van der Waals surface area contributed by atoms with E-state index in [2.05, 4.69) is 17.4 Å². The van der Waals surface area contributed by atoms with Crippen LogP contribution in [-0.2, 0) is 11.2 Å². The largest absolute Gasteiger partial charge is 0.506 e. The molecular weight excluding hydrogens is 188 g/mol. The van der Waals surface area contributed by atoms with Crippen LogP contribution < -0.4 is 0 Å². The van der Waals surface area contributed by atoms with Crippen LogP contribution >= 0.6 is 12.6 Å². The van der Waals surface area contributed by atoms with E-state index in [0.717, 1.165) is 5.56 Å². The third kappa shape index (κ3) is 3.85. The number of carboxylic acid groups (broad SMARTS) is 1. The van der Waals surface area contributed by atoms with E-state index < -0.39 is 11.6 Å². The second-order valence-electron chi connectivity index (χ2n) is 2.53. The highest BCUT2D eigenvalue weighted by atomic mass is 32.1. The molecule has 0 radical (unpaired) electrons. The molecule has 3 nitrogen and oxygen atoms in total. The fourth-order valence-corrected chi connectivity index (χ4v) is 1.27. The summed E-state index contributed by atoms with van der Waals surface area (Å²) in [4.78, 5) is 10.1. The highest BCUT2D eigenvalue weighted by Crippen LogP contribution is 2.08. The summed E-state index contributed by atoms with van der Waals surface area (Å²) in [7, 11) is 0. The van der Waals surface area contributed by atoms with Crippen molar-refractivity contribution in [1.82, 2.24) is 0 Å². The van der Waals surface area contributed by atoms with Gasteiger partial charge in [-0.15, -0.1) is 12.6 Å². The van der Waals surface area contributed by atoms with Crippen LogP contribution in [0.1, 0.15) is 5.56 Å². The smallest absolute Gasteiger partial charge is 0.450 e. The second-order valence-corrected chi connectivity index (χ2v) is 3.10. The van der Waals surface area contributed by atoms with Crippen LogP contribution in [0.15, 0.2) is 30.3 Å². The Labute approximate surface area is 81.8 Å². The summed E-state index contributed by atoms with van der Waals surface area (Å²) in [6.07, 6.45) is -0.813. The zero-order valence-corrected chi connectivity index (χ0v) is 7.78. The lowest BCUT2D eigenvalue weighted by Gasteiger charge is -2.08. The van der Waals surface area contributed by atoms with Crippen LogP contribution in [0.25, 0.3) is 0 Å². The number of benzene rings is 1. The fourth-order valence-electron chi connectivity index (χ4n) is 0.974. The minimum atomic E-state index is -1.30. The third-order valence-corrected chi connectivity index (χ3v) is 1.78. The molecule has 0 amide bonds. The van der Waals surface area contributed by atoms with Crippen molar-refractivity contribution >= 4 is 18.8 Å². The van der Waals surface area contributed by atoms with E-state index in [0.29, 0.717) is 6.42 Å². The predicted octanol–water partition coefficient (Wildman–Crippen LogP) is 2.18. The molecule has 1 aromatic rings. The van der Waals surface area contributed by atoms with Gasteiger partial charge in [-0.3, -0.25) is 0 Å². The molecule has 0 fully saturated rings. The zero-order chi connectivity index (χ0) is 9.68. The maximum atomic E-state index is 10.1. The average molecular weight is 198 g/mol. The molecule has 0 bridgehead atoms. The van der Waals surface area contributed by atoms with Gasteiger partial charge >= 0.3 is 6.16 Å². The molecule has 0 heterocycles. The first-order chi connectivity index (χ1) is 6.18. The molecule has 0 saturated carbocycles. The highest BCUT2D eigenvalue weighted by Gasteiger charge is 2.08. The van der Waals surface area contributed by atoms with Gasteiger partial charge in [0, 0.05) is 6.42 Å². The second kappa shape index (κ2) is 4.77. The molecule has 70 valence electrons. The maximum Gasteiger partial charge on any atom is 0.506 e. The minimum absolute atomic E-state index is 0.482. The van der Waals surface area contributed by atoms with E-state index in [1.54, 1.807) is 0 Å². The van der Waals surface area contributed by atoms with Crippen LogP contribution in [-0.4, -0.2) is 16.7 Å². The quantitative estimate of drug-likeness (QED) is 0.444. The Morgan fingerprint density at radius 2 is 2.08 bits per heavy atom. The minimum Gasteiger partial charge on any atom is -0.450 e. The SMILES string of the molecule is O=C(O)OC(S)Cc1ccccc1. The molecule has 1 rings (SSSR count). The van der Waals surface area contributed by atoms with Crippen molar-refractivity contribution in [2.75, 3.05) is 0 Å². The first-order valence-electron chi connectivity index (χ1n) is 3.80. The Balaban J connectivity index is 2.45. The van der Waals surface area contributed by atoms with Crippen molar-refractivity contribution in [2.24, 2.45) is 0 Å². The van der Waals surface area contributed by atoms with Crippen LogP contribution in [0.4, 0.5) is 4.79 Å². The molecule has 0 saturated heterocycles. The van der Waals surface area contributed by atoms with Gasteiger partial charge in [-0.25, -0.2) is 4.79 Å². The van der Waals surface area contributed by atoms with Gasteiger partial charge in [0.2, 0.25) is 0 Å². The van der Waals surface area contributed by atoms with E-state index in [1.807, 2.05) is 30.3 Å². The predicted molar refractivity (Wildman–Crippen MR) is 52.0 cm³/mol. The number of hydrogen-bond donors (Lipinski definition) is 2. The molecule has 1 N–H and O–H groups in total. The number of hydrogen-bond acceptors (Lipinski definition) is 3. The van der Waals surface area contributed by atoms with Crippen molar-refractivity contribution in [3.05, 3.63) is 35.9 Å². The summed E-state index contributed by atoms with van der Waals surface area (Å²) >= 11 is 3.98. The summed E-state index contributed by atoms with van der Waals surface area (Å²) < 4.78 is 4.43. The average Bonchev–Trinajstić information content (AvgIpc) is 2.04. The first-order valence-corrected chi connectivity index (χ1v) is 4.31. The van der Waals surface area contributed by atoms with E-state index in [-0.39, 0.29) is 0 Å². The van der Waals surface area contributed by atoms with Crippen molar-refractivity contribution in [3.8, 4) is 0 Å². The topological polar surface area (TPSA) is 46.5 Å². The highest BCUT2D eigenvalue weighted by molar-refractivity contribution is 7.80. The molecule has 0 aliphatic rings. The fraction of sp³-hybridized carbons (Fsp3) is 0.222. The molecule has 0 spiro atoms. The van der Waals surface area contributed by atoms with Gasteiger partial charge in [0.1, 0.15) is 0 Å². The molecule has 4 heteroatoms. The lowest BCUT2D eigenvalue weighted by atomic mass is 10.2. The van der Waals surface area contributed by atoms with E-state index in [1.165, 1.54) is 0 Å². The molecule has 1 atom stereocenters. The molecule has 1 aromatic carbocycles. The zero-order valence-electron chi connectivity index (χ0n) is 6.88. The van der Waals surface area contributed by atoms with Crippen molar-refractivity contribution < 1.29 is 14.6 Å². The van der Waals surface area contributed by atoms with Crippen molar-refractivity contribution in [3.63, 3.8) is 0 Å². The van der Waals surface area contributed by atoms with Gasteiger partial charge < -0.3 is 9.84 Å². The first kappa shape index (κ1) is 9.92. The Hall–Kier alpha value is -1.16. The molecule has 13 heavy (non-hydrogen) atoms. The molecule has 0 aromatic heterocycles. The summed E-state index contributed by atoms with van der Waals surface area (Å²) in [5, 5.41) is 8.29. The monoisotopic (exact) mass is 198 g/mol. The number of thiol groups is 1. The van der Waals surface area contributed by atoms with Crippen molar-refractivity contribution in [1.29, 1.82) is 0 Å². The van der Waals surface area contributed by atoms with Gasteiger partial charge in [-0.2, -0.15) is 0 Å². The third-order valence-electron chi connectivity index (χ3n) is 1.49. The molecule has 0 aliphatic carbocycles. The number of ether oxygens (including phenoxy) is 1. The maximum absolute atomic E-state index is 10.1. The molecular formula is C9H10O3S. The van der Waals surface area contributed by atoms with E-state index in [4.69, 9.17) is 5.11 Å². The van der Waals surface area contributed by atoms with Gasteiger partial charge in [0.05, 0.1) is 0 Å². The molecule has 0 aliphatic heterocycles. The Morgan fingerprint density at radius 1 is 1.46 bits per heavy atom. The van der Waals surface area contributed by atoms with Gasteiger partial charge in [0.25, 0.3) is 0 Å². The normalized spacial score (nSPS) is 12.1. The number of carbonyl (C=O) groups is 1.